The Kier molecular flexibility index (Phi) is 7.04. The van der Waals surface area contributed by atoms with Gasteiger partial charge in [0.05, 0.1) is 6.04 Å². The predicted octanol–water partition coefficient (Wildman–Crippen LogP) is 3.97. The summed E-state index contributed by atoms with van der Waals surface area (Å²) in [5.74, 6) is -0.521. The zero-order valence-corrected chi connectivity index (χ0v) is 17.0. The molecule has 0 aliphatic heterocycles. The van der Waals surface area contributed by atoms with Gasteiger partial charge in [0, 0.05) is 12.0 Å². The number of unbranched alkanes of at least 4 members (excludes halogenated alkanes) is 2. The van der Waals surface area contributed by atoms with Gasteiger partial charge in [0.2, 0.25) is 5.76 Å². The van der Waals surface area contributed by atoms with Crippen molar-refractivity contribution < 1.29 is 23.8 Å². The lowest BCUT2D eigenvalue weighted by Crippen LogP contribution is -2.10. The van der Waals surface area contributed by atoms with Crippen molar-refractivity contribution in [2.75, 3.05) is 0 Å². The van der Waals surface area contributed by atoms with Crippen molar-refractivity contribution in [1.82, 2.24) is 0 Å². The number of esters is 1. The molecule has 1 unspecified atom stereocenters. The number of carbonyl (C=O) groups excluding carboxylic acids is 1. The van der Waals surface area contributed by atoms with E-state index in [2.05, 4.69) is 0 Å². The smallest absolute Gasteiger partial charge is 0.379 e. The van der Waals surface area contributed by atoms with Crippen LogP contribution in [-0.4, -0.2) is 22.9 Å². The minimum atomic E-state index is -0.800. The highest BCUT2D eigenvalue weighted by molar-refractivity contribution is 5.99. The number of rotatable bonds is 10. The van der Waals surface area contributed by atoms with Gasteiger partial charge in [-0.3, -0.25) is 10.2 Å². The van der Waals surface area contributed by atoms with Crippen molar-refractivity contribution in [2.45, 2.75) is 38.1 Å². The van der Waals surface area contributed by atoms with Crippen LogP contribution in [0, 0.1) is 5.41 Å². The number of carbonyl (C=O) groups is 2. The molecule has 2 aromatic carbocycles. The van der Waals surface area contributed by atoms with Crippen molar-refractivity contribution in [2.24, 2.45) is 11.5 Å². The molecular formula is C23H25N3O5. The van der Waals surface area contributed by atoms with E-state index in [1.54, 1.807) is 36.4 Å². The second-order valence-corrected chi connectivity index (χ2v) is 7.33. The number of carboxylic acids is 1. The zero-order chi connectivity index (χ0) is 22.4. The quantitative estimate of drug-likeness (QED) is 0.126. The average Bonchev–Trinajstić information content (AvgIpc) is 3.23. The van der Waals surface area contributed by atoms with Gasteiger partial charge in [-0.05, 0) is 53.9 Å². The Hall–Kier alpha value is -3.65. The number of fused-ring (bicyclic) bond motifs is 1. The second-order valence-electron chi connectivity index (χ2n) is 7.33. The van der Waals surface area contributed by atoms with E-state index in [4.69, 9.17) is 31.1 Å². The molecule has 162 valence electrons. The number of nitrogens with two attached hydrogens (primary N) is 2. The molecule has 0 aliphatic carbocycles. The summed E-state index contributed by atoms with van der Waals surface area (Å²) in [5.41, 5.74) is 12.2. The number of carboxylic acid groups (broad SMARTS) is 1. The van der Waals surface area contributed by atoms with Gasteiger partial charge >= 0.3 is 11.9 Å². The lowest BCUT2D eigenvalue weighted by atomic mass is 10.1. The molecule has 1 heterocycles. The molecule has 3 rings (SSSR count). The van der Waals surface area contributed by atoms with Crippen LogP contribution in [0.25, 0.3) is 10.8 Å². The molecule has 1 atom stereocenters. The van der Waals surface area contributed by atoms with E-state index in [0.29, 0.717) is 29.9 Å². The maximum Gasteiger partial charge on any atom is 0.379 e. The summed E-state index contributed by atoms with van der Waals surface area (Å²) in [5, 5.41) is 17.9. The summed E-state index contributed by atoms with van der Waals surface area (Å²) in [6.07, 6.45) is 2.94. The fourth-order valence-corrected chi connectivity index (χ4v) is 3.23. The molecule has 3 aromatic rings. The van der Waals surface area contributed by atoms with Crippen molar-refractivity contribution >= 4 is 28.5 Å². The minimum Gasteiger partial charge on any atom is -0.481 e. The molecule has 31 heavy (non-hydrogen) atoms. The molecule has 1 aromatic heterocycles. The molecule has 0 aliphatic rings. The first-order valence-corrected chi connectivity index (χ1v) is 10.0. The van der Waals surface area contributed by atoms with Crippen LogP contribution in [0.3, 0.4) is 0 Å². The largest absolute Gasteiger partial charge is 0.481 e. The lowest BCUT2D eigenvalue weighted by Gasteiger charge is -2.08. The van der Waals surface area contributed by atoms with E-state index in [1.807, 2.05) is 6.07 Å². The SMILES string of the molecule is N=C(N)c1ccc2cc(OC(=O)c3ccc(C(N)CCCCCC(=O)O)o3)ccc2c1. The van der Waals surface area contributed by atoms with Crippen LogP contribution < -0.4 is 16.2 Å². The fourth-order valence-electron chi connectivity index (χ4n) is 3.23. The molecule has 0 amide bonds. The highest BCUT2D eigenvalue weighted by Crippen LogP contribution is 2.24. The van der Waals surface area contributed by atoms with Crippen LogP contribution in [0.4, 0.5) is 0 Å². The molecule has 0 spiro atoms. The van der Waals surface area contributed by atoms with Crippen LogP contribution in [0.5, 0.6) is 5.75 Å². The van der Waals surface area contributed by atoms with E-state index in [1.165, 1.54) is 6.07 Å². The Balaban J connectivity index is 1.58. The minimum absolute atomic E-state index is 0.00973. The molecule has 6 N–H and O–H groups in total. The molecule has 0 bridgehead atoms. The summed E-state index contributed by atoms with van der Waals surface area (Å²) in [6.45, 7) is 0. The summed E-state index contributed by atoms with van der Waals surface area (Å²) < 4.78 is 11.0. The zero-order valence-electron chi connectivity index (χ0n) is 17.0. The Bertz CT molecular complexity index is 1110. The van der Waals surface area contributed by atoms with Gasteiger partial charge in [-0.1, -0.05) is 31.0 Å². The van der Waals surface area contributed by atoms with Crippen molar-refractivity contribution in [3.05, 3.63) is 65.6 Å². The van der Waals surface area contributed by atoms with Crippen LogP contribution in [0.1, 0.15) is 60.0 Å². The molecular weight excluding hydrogens is 398 g/mol. The number of furan rings is 1. The number of aliphatic carboxylic acids is 1. The summed E-state index contributed by atoms with van der Waals surface area (Å²) in [7, 11) is 0. The van der Waals surface area contributed by atoms with E-state index in [9.17, 15) is 9.59 Å². The lowest BCUT2D eigenvalue weighted by molar-refractivity contribution is -0.137. The number of hydrogen-bond donors (Lipinski definition) is 4. The standard InChI is InChI=1S/C23H25N3O5/c24-18(4-2-1-3-5-21(27)28)19-10-11-20(31-19)23(29)30-17-9-8-14-12-16(22(25)26)7-6-15(14)13-17/h6-13,18H,1-5,24H2,(H3,25,26)(H,27,28). The van der Waals surface area contributed by atoms with Gasteiger partial charge in [0.25, 0.3) is 0 Å². The Morgan fingerprint density at radius 2 is 1.77 bits per heavy atom. The van der Waals surface area contributed by atoms with Crippen LogP contribution >= 0.6 is 0 Å². The number of benzene rings is 2. The van der Waals surface area contributed by atoms with Gasteiger partial charge in [-0.25, -0.2) is 4.79 Å². The average molecular weight is 423 g/mol. The fraction of sp³-hybridized carbons (Fsp3) is 0.261. The third-order valence-corrected chi connectivity index (χ3v) is 4.93. The molecule has 8 nitrogen and oxygen atoms in total. The molecule has 0 saturated heterocycles. The summed E-state index contributed by atoms with van der Waals surface area (Å²) >= 11 is 0. The number of hydrogen-bond acceptors (Lipinski definition) is 6. The molecule has 8 heteroatoms. The third kappa shape index (κ3) is 5.93. The van der Waals surface area contributed by atoms with Gasteiger partial charge in [-0.15, -0.1) is 0 Å². The number of ether oxygens (including phenoxy) is 1. The van der Waals surface area contributed by atoms with Crippen molar-refractivity contribution in [3.8, 4) is 5.75 Å². The summed E-state index contributed by atoms with van der Waals surface area (Å²) in [4.78, 5) is 23.0. The van der Waals surface area contributed by atoms with E-state index in [0.717, 1.165) is 23.6 Å². The molecule has 0 saturated carbocycles. The first-order chi connectivity index (χ1) is 14.8. The van der Waals surface area contributed by atoms with Gasteiger partial charge in [-0.2, -0.15) is 0 Å². The Labute approximate surface area is 179 Å². The maximum absolute atomic E-state index is 12.4. The van der Waals surface area contributed by atoms with Crippen LogP contribution in [0.15, 0.2) is 52.9 Å². The maximum atomic E-state index is 12.4. The first kappa shape index (κ1) is 22.0. The topological polar surface area (TPSA) is 153 Å². The Morgan fingerprint density at radius 1 is 1.03 bits per heavy atom. The van der Waals surface area contributed by atoms with Crippen LogP contribution in [0.2, 0.25) is 0 Å². The predicted molar refractivity (Wildman–Crippen MR) is 116 cm³/mol. The molecule has 0 radical (unpaired) electrons. The first-order valence-electron chi connectivity index (χ1n) is 10.0. The van der Waals surface area contributed by atoms with Gasteiger partial charge in [0.15, 0.2) is 0 Å². The number of nitrogen functional groups attached to an aromatic ring is 1. The Morgan fingerprint density at radius 3 is 2.52 bits per heavy atom. The monoisotopic (exact) mass is 423 g/mol. The van der Waals surface area contributed by atoms with E-state index >= 15 is 0 Å². The van der Waals surface area contributed by atoms with E-state index < -0.39 is 11.9 Å². The highest BCUT2D eigenvalue weighted by atomic mass is 16.5. The highest BCUT2D eigenvalue weighted by Gasteiger charge is 2.17. The van der Waals surface area contributed by atoms with Crippen molar-refractivity contribution in [3.63, 3.8) is 0 Å². The third-order valence-electron chi connectivity index (χ3n) is 4.93. The second kappa shape index (κ2) is 9.90. The number of nitrogens with one attached hydrogen (secondary N) is 1. The van der Waals surface area contributed by atoms with Crippen molar-refractivity contribution in [1.29, 1.82) is 5.41 Å². The van der Waals surface area contributed by atoms with Gasteiger partial charge < -0.3 is 25.7 Å². The molecule has 0 fully saturated rings. The van der Waals surface area contributed by atoms with E-state index in [-0.39, 0.29) is 24.1 Å². The van der Waals surface area contributed by atoms with Crippen LogP contribution in [-0.2, 0) is 4.79 Å². The van der Waals surface area contributed by atoms with Gasteiger partial charge in [0.1, 0.15) is 17.3 Å². The summed E-state index contributed by atoms with van der Waals surface area (Å²) in [6, 6.07) is 13.3. The number of amidine groups is 1. The normalized spacial score (nSPS) is 11.9.